The third-order valence-electron chi connectivity index (χ3n) is 3.19. The van der Waals surface area contributed by atoms with E-state index in [1.807, 2.05) is 18.2 Å². The minimum absolute atomic E-state index is 0.410. The lowest BCUT2D eigenvalue weighted by Gasteiger charge is -2.26. The molecule has 1 aromatic rings. The van der Waals surface area contributed by atoms with Gasteiger partial charge in [0.25, 0.3) is 0 Å². The second kappa shape index (κ2) is 5.76. The monoisotopic (exact) mass is 265 g/mol. The molecule has 1 saturated carbocycles. The van der Waals surface area contributed by atoms with Crippen LogP contribution in [0.4, 0.5) is 0 Å². The molecule has 1 aromatic carbocycles. The van der Waals surface area contributed by atoms with Crippen molar-refractivity contribution in [1.29, 1.82) is 0 Å². The molecule has 0 spiro atoms. The lowest BCUT2D eigenvalue weighted by Crippen LogP contribution is -2.50. The van der Waals surface area contributed by atoms with Crippen LogP contribution in [0.3, 0.4) is 0 Å². The van der Waals surface area contributed by atoms with Gasteiger partial charge in [0.15, 0.2) is 0 Å². The largest absolute Gasteiger partial charge is 0.480 e. The first kappa shape index (κ1) is 13.4. The molecule has 0 saturated heterocycles. The second-order valence-electron chi connectivity index (χ2n) is 4.97. The number of benzene rings is 1. The Hall–Kier alpha value is -1.00. The number of aliphatic carboxylic acids is 1. The number of hydrogen-bond acceptors (Lipinski definition) is 3. The number of hydrogen-bond donors (Lipinski definition) is 2. The summed E-state index contributed by atoms with van der Waals surface area (Å²) >= 11 is 1.71. The molecule has 3 nitrogen and oxygen atoms in total. The van der Waals surface area contributed by atoms with Crippen molar-refractivity contribution in [2.75, 3.05) is 5.75 Å². The van der Waals surface area contributed by atoms with Gasteiger partial charge in [-0.05, 0) is 38.3 Å². The van der Waals surface area contributed by atoms with Gasteiger partial charge in [-0.15, -0.1) is 11.8 Å². The van der Waals surface area contributed by atoms with Crippen LogP contribution in [0.1, 0.15) is 26.2 Å². The van der Waals surface area contributed by atoms with Gasteiger partial charge in [-0.3, -0.25) is 10.1 Å². The van der Waals surface area contributed by atoms with E-state index in [9.17, 15) is 9.90 Å². The Labute approximate surface area is 112 Å². The van der Waals surface area contributed by atoms with Gasteiger partial charge in [0.2, 0.25) is 0 Å². The lowest BCUT2D eigenvalue weighted by atomic mass is 9.99. The van der Waals surface area contributed by atoms with Gasteiger partial charge in [0.05, 0.1) is 0 Å². The van der Waals surface area contributed by atoms with E-state index in [2.05, 4.69) is 17.4 Å². The van der Waals surface area contributed by atoms with Crippen LogP contribution in [0.25, 0.3) is 0 Å². The van der Waals surface area contributed by atoms with Crippen LogP contribution in [0.2, 0.25) is 0 Å². The second-order valence-corrected chi connectivity index (χ2v) is 6.14. The van der Waals surface area contributed by atoms with Gasteiger partial charge in [-0.1, -0.05) is 18.2 Å². The topological polar surface area (TPSA) is 49.3 Å². The lowest BCUT2D eigenvalue weighted by molar-refractivity contribution is -0.144. The van der Waals surface area contributed by atoms with Crippen LogP contribution in [0.5, 0.6) is 0 Å². The minimum Gasteiger partial charge on any atom is -0.480 e. The summed E-state index contributed by atoms with van der Waals surface area (Å²) in [6.45, 7) is 1.79. The Balaban J connectivity index is 1.84. The maximum atomic E-state index is 11.4. The van der Waals surface area contributed by atoms with Crippen LogP contribution in [0, 0.1) is 0 Å². The van der Waals surface area contributed by atoms with Crippen LogP contribution < -0.4 is 5.32 Å². The highest BCUT2D eigenvalue weighted by Crippen LogP contribution is 2.26. The molecule has 0 radical (unpaired) electrons. The van der Waals surface area contributed by atoms with Gasteiger partial charge >= 0.3 is 5.97 Å². The summed E-state index contributed by atoms with van der Waals surface area (Å²) in [5.74, 6) is 0.0649. The first-order valence-electron chi connectivity index (χ1n) is 6.29. The molecular weight excluding hydrogens is 246 g/mol. The zero-order valence-electron chi connectivity index (χ0n) is 10.6. The highest BCUT2D eigenvalue weighted by molar-refractivity contribution is 7.99. The average Bonchev–Trinajstić information content (AvgIpc) is 3.14. The van der Waals surface area contributed by atoms with Crippen LogP contribution in [0.15, 0.2) is 35.2 Å². The predicted octanol–water partition coefficient (Wildman–Crippen LogP) is 2.76. The van der Waals surface area contributed by atoms with Crippen molar-refractivity contribution in [2.24, 2.45) is 0 Å². The quantitative estimate of drug-likeness (QED) is 0.744. The molecule has 1 atom stereocenters. The van der Waals surface area contributed by atoms with Crippen molar-refractivity contribution in [3.8, 4) is 0 Å². The average molecular weight is 265 g/mol. The number of rotatable bonds is 7. The number of thioether (sulfide) groups is 1. The van der Waals surface area contributed by atoms with Crippen LogP contribution in [-0.4, -0.2) is 28.4 Å². The number of carboxylic acid groups (broad SMARTS) is 1. The Morgan fingerprint density at radius 2 is 2.11 bits per heavy atom. The van der Waals surface area contributed by atoms with Crippen molar-refractivity contribution in [3.05, 3.63) is 30.3 Å². The fourth-order valence-electron chi connectivity index (χ4n) is 1.81. The Kier molecular flexibility index (Phi) is 4.30. The molecule has 1 unspecified atom stereocenters. The summed E-state index contributed by atoms with van der Waals surface area (Å²) in [5, 5.41) is 12.6. The number of nitrogens with one attached hydrogen (secondary N) is 1. The molecule has 0 aromatic heterocycles. The van der Waals surface area contributed by atoms with Gasteiger partial charge in [-0.25, -0.2) is 0 Å². The molecule has 18 heavy (non-hydrogen) atoms. The van der Waals surface area contributed by atoms with Crippen molar-refractivity contribution in [2.45, 2.75) is 42.7 Å². The number of carbonyl (C=O) groups is 1. The standard InChI is InChI=1S/C14H19NO2S/c1-14(13(16)17,15-11-7-8-11)9-10-18-12-5-3-2-4-6-12/h2-6,11,15H,7-10H2,1H3,(H,16,17). The highest BCUT2D eigenvalue weighted by Gasteiger charge is 2.37. The van der Waals surface area contributed by atoms with Crippen LogP contribution in [-0.2, 0) is 4.79 Å². The first-order valence-corrected chi connectivity index (χ1v) is 7.28. The molecule has 0 heterocycles. The van der Waals surface area contributed by atoms with Gasteiger partial charge in [-0.2, -0.15) is 0 Å². The molecule has 0 aliphatic heterocycles. The fraction of sp³-hybridized carbons (Fsp3) is 0.500. The summed E-state index contributed by atoms with van der Waals surface area (Å²) in [4.78, 5) is 12.5. The molecule has 0 amide bonds. The van der Waals surface area contributed by atoms with Crippen molar-refractivity contribution in [1.82, 2.24) is 5.32 Å². The Bertz CT molecular complexity index is 406. The summed E-state index contributed by atoms with van der Waals surface area (Å²) in [6, 6.07) is 10.5. The minimum atomic E-state index is -0.789. The molecule has 98 valence electrons. The Morgan fingerprint density at radius 1 is 1.44 bits per heavy atom. The molecule has 0 bridgehead atoms. The molecule has 4 heteroatoms. The van der Waals surface area contributed by atoms with E-state index >= 15 is 0 Å². The summed E-state index contributed by atoms with van der Waals surface area (Å²) in [7, 11) is 0. The summed E-state index contributed by atoms with van der Waals surface area (Å²) in [6.07, 6.45) is 2.85. The molecule has 2 rings (SSSR count). The van der Waals surface area contributed by atoms with E-state index in [1.54, 1.807) is 18.7 Å². The molecule has 1 fully saturated rings. The molecule has 2 N–H and O–H groups in total. The Morgan fingerprint density at radius 3 is 2.67 bits per heavy atom. The van der Waals surface area contributed by atoms with Crippen LogP contribution >= 0.6 is 11.8 Å². The summed E-state index contributed by atoms with van der Waals surface area (Å²) < 4.78 is 0. The maximum Gasteiger partial charge on any atom is 0.323 e. The van der Waals surface area contributed by atoms with E-state index in [0.717, 1.165) is 18.6 Å². The predicted molar refractivity (Wildman–Crippen MR) is 74.0 cm³/mol. The zero-order chi connectivity index (χ0) is 13.0. The SMILES string of the molecule is CC(CCSc1ccccc1)(NC1CC1)C(=O)O. The first-order chi connectivity index (χ1) is 8.60. The van der Waals surface area contributed by atoms with Crippen molar-refractivity contribution >= 4 is 17.7 Å². The van der Waals surface area contributed by atoms with E-state index in [1.165, 1.54) is 4.90 Å². The van der Waals surface area contributed by atoms with Crippen molar-refractivity contribution in [3.63, 3.8) is 0 Å². The number of carboxylic acids is 1. The molecular formula is C14H19NO2S. The van der Waals surface area contributed by atoms with E-state index in [4.69, 9.17) is 0 Å². The molecule has 1 aliphatic carbocycles. The smallest absolute Gasteiger partial charge is 0.323 e. The van der Waals surface area contributed by atoms with E-state index in [0.29, 0.717) is 12.5 Å². The third-order valence-corrected chi connectivity index (χ3v) is 4.20. The summed E-state index contributed by atoms with van der Waals surface area (Å²) in [5.41, 5.74) is -0.789. The highest BCUT2D eigenvalue weighted by atomic mass is 32.2. The fourth-order valence-corrected chi connectivity index (χ4v) is 2.90. The maximum absolute atomic E-state index is 11.4. The van der Waals surface area contributed by atoms with Gasteiger partial charge in [0.1, 0.15) is 5.54 Å². The van der Waals surface area contributed by atoms with Crippen molar-refractivity contribution < 1.29 is 9.90 Å². The molecule has 1 aliphatic rings. The zero-order valence-corrected chi connectivity index (χ0v) is 11.4. The van der Waals surface area contributed by atoms with E-state index < -0.39 is 11.5 Å². The third kappa shape index (κ3) is 3.75. The van der Waals surface area contributed by atoms with Gasteiger partial charge < -0.3 is 5.11 Å². The van der Waals surface area contributed by atoms with E-state index in [-0.39, 0.29) is 0 Å². The van der Waals surface area contributed by atoms with Gasteiger partial charge in [0, 0.05) is 16.7 Å². The normalized spacial score (nSPS) is 18.3.